The summed E-state index contributed by atoms with van der Waals surface area (Å²) in [5.41, 5.74) is 0. The van der Waals surface area contributed by atoms with Crippen LogP contribution in [0.5, 0.6) is 0 Å². The molecule has 0 aromatic rings. The Bertz CT molecular complexity index is 1410. The predicted molar refractivity (Wildman–Crippen MR) is 333 cm³/mol. The minimum Gasteiger partial charge on any atom is -0.353 e. The Labute approximate surface area is 482 Å². The molecule has 2 fully saturated rings. The van der Waals surface area contributed by atoms with Crippen LogP contribution in [0.4, 0.5) is 0 Å². The van der Waals surface area contributed by atoms with E-state index in [2.05, 4.69) is 91.2 Å². The summed E-state index contributed by atoms with van der Waals surface area (Å²) >= 11 is 0. The van der Waals surface area contributed by atoms with Crippen molar-refractivity contribution in [3.05, 3.63) is 24.3 Å². The SMILES string of the molecule is CCCCCCCC/C=C\CCCCCCCC(=O)N(CCN1CCCCCC1)C(C(=O)NCCN(C)CCNC(=O)C(C(C)C)N(CCN1CCCCCC1)C(=O)CCCCCCC/C=C\CCCCCCCC)C(C)C. The number of nitrogens with zero attached hydrogens (tertiary/aromatic N) is 5. The quantitative estimate of drug-likeness (QED) is 0.0461. The second kappa shape index (κ2) is 48.9. The molecule has 0 aliphatic carbocycles. The van der Waals surface area contributed by atoms with Gasteiger partial charge >= 0.3 is 0 Å². The van der Waals surface area contributed by atoms with Crippen LogP contribution in [0.3, 0.4) is 0 Å². The van der Waals surface area contributed by atoms with E-state index >= 15 is 0 Å². The van der Waals surface area contributed by atoms with Crippen molar-refractivity contribution in [1.29, 1.82) is 0 Å². The second-order valence-electron chi connectivity index (χ2n) is 24.6. The van der Waals surface area contributed by atoms with E-state index in [9.17, 15) is 19.2 Å². The Morgan fingerprint density at radius 1 is 0.410 bits per heavy atom. The topological polar surface area (TPSA) is 109 Å². The van der Waals surface area contributed by atoms with E-state index in [1.54, 1.807) is 0 Å². The van der Waals surface area contributed by atoms with Gasteiger partial charge in [-0.15, -0.1) is 0 Å². The minimum absolute atomic E-state index is 0.0215. The lowest BCUT2D eigenvalue weighted by atomic mass is 10.00. The molecule has 2 aliphatic rings. The van der Waals surface area contributed by atoms with Gasteiger partial charge in [0.15, 0.2) is 0 Å². The molecule has 2 aliphatic heterocycles. The number of hydrogen-bond donors (Lipinski definition) is 2. The predicted octanol–water partition coefficient (Wildman–Crippen LogP) is 14.7. The summed E-state index contributed by atoms with van der Waals surface area (Å²) in [6.45, 7) is 22.0. The number of likely N-dealkylation sites (tertiary alicyclic amines) is 2. The molecule has 78 heavy (non-hydrogen) atoms. The number of likely N-dealkylation sites (N-methyl/N-ethyl adjacent to an activating group) is 1. The zero-order chi connectivity index (χ0) is 56.7. The van der Waals surface area contributed by atoms with E-state index in [-0.39, 0.29) is 35.5 Å². The van der Waals surface area contributed by atoms with Crippen LogP contribution in [0.1, 0.15) is 273 Å². The highest BCUT2D eigenvalue weighted by Crippen LogP contribution is 2.20. The number of allylic oxidation sites excluding steroid dienone is 4. The van der Waals surface area contributed by atoms with Gasteiger partial charge in [0.05, 0.1) is 0 Å². The third kappa shape index (κ3) is 35.9. The van der Waals surface area contributed by atoms with E-state index in [1.165, 1.54) is 167 Å². The highest BCUT2D eigenvalue weighted by molar-refractivity contribution is 5.88. The number of carbonyl (C=O) groups excluding carboxylic acids is 4. The first-order valence-electron chi connectivity index (χ1n) is 33.6. The minimum atomic E-state index is -0.521. The Morgan fingerprint density at radius 3 is 1.01 bits per heavy atom. The summed E-state index contributed by atoms with van der Waals surface area (Å²) in [5.74, 6) is 0.0145. The Morgan fingerprint density at radius 2 is 0.705 bits per heavy atom. The van der Waals surface area contributed by atoms with E-state index in [4.69, 9.17) is 0 Å². The summed E-state index contributed by atoms with van der Waals surface area (Å²) in [6.07, 6.45) is 52.1. The molecule has 0 radical (unpaired) electrons. The molecule has 2 heterocycles. The number of rotatable bonds is 48. The zero-order valence-electron chi connectivity index (χ0n) is 52.4. The van der Waals surface area contributed by atoms with Crippen LogP contribution in [0, 0.1) is 11.8 Å². The lowest BCUT2D eigenvalue weighted by Gasteiger charge is -2.35. The van der Waals surface area contributed by atoms with Gasteiger partial charge in [0.2, 0.25) is 23.6 Å². The van der Waals surface area contributed by atoms with Crippen molar-refractivity contribution in [1.82, 2.24) is 35.1 Å². The molecule has 0 saturated carbocycles. The van der Waals surface area contributed by atoms with Crippen molar-refractivity contribution >= 4 is 23.6 Å². The monoisotopic (exact) mass is 1090 g/mol. The summed E-state index contributed by atoms with van der Waals surface area (Å²) in [6, 6.07) is -1.04. The van der Waals surface area contributed by atoms with Gasteiger partial charge in [-0.1, -0.05) is 194 Å². The zero-order valence-corrected chi connectivity index (χ0v) is 52.4. The van der Waals surface area contributed by atoms with Crippen molar-refractivity contribution in [3.63, 3.8) is 0 Å². The van der Waals surface area contributed by atoms with E-state index in [1.807, 2.05) is 16.8 Å². The summed E-state index contributed by atoms with van der Waals surface area (Å²) in [4.78, 5) is 67.5. The molecule has 2 N–H and O–H groups in total. The fourth-order valence-corrected chi connectivity index (χ4v) is 11.7. The Kier molecular flexibility index (Phi) is 44.7. The lowest BCUT2D eigenvalue weighted by Crippen LogP contribution is -2.55. The van der Waals surface area contributed by atoms with Gasteiger partial charge in [-0.25, -0.2) is 0 Å². The van der Waals surface area contributed by atoms with Gasteiger partial charge in [-0.2, -0.15) is 0 Å². The summed E-state index contributed by atoms with van der Waals surface area (Å²) in [7, 11) is 2.02. The highest BCUT2D eigenvalue weighted by atomic mass is 16.2. The number of nitrogens with one attached hydrogen (secondary N) is 2. The molecule has 11 nitrogen and oxygen atoms in total. The maximum Gasteiger partial charge on any atom is 0.243 e. The van der Waals surface area contributed by atoms with Crippen LogP contribution in [-0.2, 0) is 19.2 Å². The van der Waals surface area contributed by atoms with Crippen LogP contribution in [-0.4, -0.2) is 146 Å². The molecule has 0 aromatic carbocycles. The summed E-state index contributed by atoms with van der Waals surface area (Å²) in [5, 5.41) is 6.44. The number of unbranched alkanes of at least 4 members (excludes halogenated alkanes) is 22. The average molecular weight is 1090 g/mol. The molecular formula is C67H127N7O4. The third-order valence-electron chi connectivity index (χ3n) is 16.7. The first-order chi connectivity index (χ1) is 38.0. The van der Waals surface area contributed by atoms with Crippen LogP contribution < -0.4 is 10.6 Å². The van der Waals surface area contributed by atoms with Gasteiger partial charge in [-0.05, 0) is 135 Å². The molecule has 0 bridgehead atoms. The van der Waals surface area contributed by atoms with Crippen LogP contribution in [0.25, 0.3) is 0 Å². The fraction of sp³-hybridized carbons (Fsp3) is 0.881. The largest absolute Gasteiger partial charge is 0.353 e. The number of carbonyl (C=O) groups is 4. The van der Waals surface area contributed by atoms with Crippen molar-refractivity contribution in [2.24, 2.45) is 11.8 Å². The van der Waals surface area contributed by atoms with Crippen molar-refractivity contribution < 1.29 is 19.2 Å². The van der Waals surface area contributed by atoms with Crippen molar-refractivity contribution in [3.8, 4) is 0 Å². The molecule has 4 amide bonds. The fourth-order valence-electron chi connectivity index (χ4n) is 11.7. The molecule has 454 valence electrons. The third-order valence-corrected chi connectivity index (χ3v) is 16.7. The Hall–Kier alpha value is -2.76. The highest BCUT2D eigenvalue weighted by Gasteiger charge is 2.34. The second-order valence-corrected chi connectivity index (χ2v) is 24.6. The van der Waals surface area contributed by atoms with E-state index in [0.29, 0.717) is 52.1 Å². The lowest BCUT2D eigenvalue weighted by molar-refractivity contribution is -0.142. The molecule has 2 atom stereocenters. The van der Waals surface area contributed by atoms with Crippen molar-refractivity contribution in [2.45, 2.75) is 285 Å². The molecule has 2 saturated heterocycles. The van der Waals surface area contributed by atoms with Gasteiger partial charge < -0.3 is 35.1 Å². The first-order valence-corrected chi connectivity index (χ1v) is 33.6. The molecule has 2 rings (SSSR count). The van der Waals surface area contributed by atoms with Crippen LogP contribution in [0.15, 0.2) is 24.3 Å². The standard InChI is InChI=1S/C67H127N7O4/c1-8-10-12-14-16-18-20-22-24-26-28-30-32-34-40-46-62(75)73(58-56-71-50-42-36-37-43-51-71)64(60(3)4)66(77)68-48-54-70(7)55-49-69-67(78)65(61(5)6)74(59-57-72-52-44-38-39-45-53-72)63(76)47-41-35-33-31-29-27-25-23-21-19-17-15-13-11-9-2/h22-25,60-61,64-65H,8-21,26-59H2,1-7H3,(H,68,77)(H,69,78)/b24-22-,25-23-. The number of hydrogen-bond acceptors (Lipinski definition) is 7. The smallest absolute Gasteiger partial charge is 0.243 e. The normalized spacial score (nSPS) is 15.8. The molecule has 2 unspecified atom stereocenters. The first kappa shape index (κ1) is 71.3. The Balaban J connectivity index is 1.89. The maximum absolute atomic E-state index is 14.1. The van der Waals surface area contributed by atoms with Gasteiger partial charge in [0.1, 0.15) is 12.1 Å². The summed E-state index contributed by atoms with van der Waals surface area (Å²) < 4.78 is 0. The van der Waals surface area contributed by atoms with Gasteiger partial charge in [0.25, 0.3) is 0 Å². The van der Waals surface area contributed by atoms with E-state index in [0.717, 1.165) is 90.6 Å². The molecular weight excluding hydrogens is 967 g/mol. The molecule has 0 aromatic heterocycles. The van der Waals surface area contributed by atoms with Gasteiger partial charge in [-0.3, -0.25) is 19.2 Å². The molecule has 11 heteroatoms. The number of amides is 4. The van der Waals surface area contributed by atoms with E-state index < -0.39 is 12.1 Å². The average Bonchev–Trinajstić information content (AvgIpc) is 3.86. The molecule has 0 spiro atoms. The van der Waals surface area contributed by atoms with Gasteiger partial charge in [0, 0.05) is 65.2 Å². The maximum atomic E-state index is 14.1. The van der Waals surface area contributed by atoms with Crippen LogP contribution >= 0.6 is 0 Å². The van der Waals surface area contributed by atoms with Crippen molar-refractivity contribution in [2.75, 3.05) is 85.6 Å². The van der Waals surface area contributed by atoms with Crippen LogP contribution in [0.2, 0.25) is 0 Å².